The van der Waals surface area contributed by atoms with Gasteiger partial charge >= 0.3 is 6.18 Å². The van der Waals surface area contributed by atoms with Gasteiger partial charge in [0, 0.05) is 25.2 Å². The number of thiazole rings is 1. The number of alkyl halides is 3. The second kappa shape index (κ2) is 20.6. The lowest BCUT2D eigenvalue weighted by Crippen LogP contribution is -2.58. The van der Waals surface area contributed by atoms with E-state index in [-0.39, 0.29) is 43.5 Å². The van der Waals surface area contributed by atoms with E-state index < -0.39 is 70.1 Å². The fraction of sp³-hybridized carbons (Fsp3) is 0.315. The van der Waals surface area contributed by atoms with Crippen LogP contribution in [0.5, 0.6) is 11.5 Å². The lowest BCUT2D eigenvalue weighted by molar-refractivity contribution is -0.144. The van der Waals surface area contributed by atoms with Crippen LogP contribution in [0.15, 0.2) is 109 Å². The maximum Gasteiger partial charge on any atom is 0.417 e. The summed E-state index contributed by atoms with van der Waals surface area (Å²) in [4.78, 5) is 64.0. The number of nitrogens with zero attached hydrogens (tertiary/aromatic N) is 5. The molecule has 73 heavy (non-hydrogen) atoms. The van der Waals surface area contributed by atoms with Gasteiger partial charge in [0.25, 0.3) is 11.8 Å². The highest BCUT2D eigenvalue weighted by atomic mass is 32.1. The summed E-state index contributed by atoms with van der Waals surface area (Å²) < 4.78 is 53.3. The van der Waals surface area contributed by atoms with Gasteiger partial charge in [-0.25, -0.2) is 4.98 Å². The Kier molecular flexibility index (Phi) is 14.7. The summed E-state index contributed by atoms with van der Waals surface area (Å²) in [5.74, 6) is -1.03. The van der Waals surface area contributed by atoms with Crippen LogP contribution < -0.4 is 29.9 Å². The first kappa shape index (κ1) is 51.9. The van der Waals surface area contributed by atoms with E-state index in [0.29, 0.717) is 17.2 Å². The lowest BCUT2D eigenvalue weighted by Gasteiger charge is -2.35. The molecule has 19 heteroatoms. The third-order valence-electron chi connectivity index (χ3n) is 12.8. The predicted octanol–water partition coefficient (Wildman–Crippen LogP) is 8.85. The Morgan fingerprint density at radius 1 is 0.918 bits per heavy atom. The zero-order chi connectivity index (χ0) is 52.6. The van der Waals surface area contributed by atoms with Crippen molar-refractivity contribution in [1.82, 2.24) is 20.5 Å². The Labute approximate surface area is 429 Å². The Hall–Kier alpha value is -7.40. The number of ether oxygens (including phenoxy) is 2. The molecule has 0 radical (unpaired) electrons. The number of aliphatic hydroxyl groups excluding tert-OH is 1. The van der Waals surface area contributed by atoms with Crippen molar-refractivity contribution in [3.8, 4) is 28.0 Å². The van der Waals surface area contributed by atoms with E-state index in [1.807, 2.05) is 76.2 Å². The van der Waals surface area contributed by atoms with Crippen molar-refractivity contribution in [2.24, 2.45) is 5.41 Å². The molecule has 4 amide bonds. The largest absolute Gasteiger partial charge is 0.489 e. The number of aliphatic hydroxyl groups is 1. The van der Waals surface area contributed by atoms with Crippen molar-refractivity contribution in [2.75, 3.05) is 23.0 Å². The van der Waals surface area contributed by atoms with Gasteiger partial charge < -0.3 is 35.0 Å². The molecule has 14 nitrogen and oxygen atoms in total. The third-order valence-corrected chi connectivity index (χ3v) is 14.2. The molecular weight excluding hydrogens is 980 g/mol. The predicted molar refractivity (Wildman–Crippen MR) is 275 cm³/mol. The standard InChI is InChI=1S/C54H52F3N7O7S2/c1-31-46(73-30-60-31)34-10-7-32(8-11-34)26-59-48(67)44-24-40(65)27-62(44)49(68)47(52(2,3)4)61-45(66)29-71-42-18-14-35-21-33(9-12-36(35)22-42)28-70-41-19-16-38(17-20-41)64-51(72)63(50(69)53(64,5)6)39-15-13-37(25-58)43(23-39)54(55,56)57/h7-23,30,40,44,47,65H,24,26-29H2,1-6H3,(H,59,67)(H,61,66)/t40-,44+,47-/m1/s1. The van der Waals surface area contributed by atoms with Gasteiger partial charge in [-0.3, -0.25) is 24.1 Å². The molecule has 0 bridgehead atoms. The molecule has 3 heterocycles. The van der Waals surface area contributed by atoms with Crippen LogP contribution in [0.3, 0.4) is 0 Å². The molecular formula is C54H52F3N7O7S2. The lowest BCUT2D eigenvalue weighted by atomic mass is 9.85. The monoisotopic (exact) mass is 1030 g/mol. The summed E-state index contributed by atoms with van der Waals surface area (Å²) >= 11 is 7.22. The molecule has 2 fully saturated rings. The summed E-state index contributed by atoms with van der Waals surface area (Å²) in [5, 5.41) is 27.3. The maximum absolute atomic E-state index is 14.1. The maximum atomic E-state index is 14.1. The first-order valence-corrected chi connectivity index (χ1v) is 24.6. The highest BCUT2D eigenvalue weighted by Crippen LogP contribution is 2.40. The van der Waals surface area contributed by atoms with Crippen LogP contribution in [0.4, 0.5) is 24.5 Å². The molecule has 0 aliphatic carbocycles. The Morgan fingerprint density at radius 2 is 1.58 bits per heavy atom. The minimum atomic E-state index is -4.82. The number of aromatic nitrogens is 1. The Morgan fingerprint density at radius 3 is 2.23 bits per heavy atom. The van der Waals surface area contributed by atoms with Gasteiger partial charge in [-0.15, -0.1) is 11.3 Å². The van der Waals surface area contributed by atoms with Crippen molar-refractivity contribution in [1.29, 1.82) is 5.26 Å². The number of amides is 4. The quantitative estimate of drug-likeness (QED) is 0.0889. The number of benzene rings is 5. The van der Waals surface area contributed by atoms with E-state index in [4.69, 9.17) is 21.7 Å². The molecule has 2 aliphatic heterocycles. The summed E-state index contributed by atoms with van der Waals surface area (Å²) in [6.45, 7) is 10.6. The minimum absolute atomic E-state index is 0.0230. The van der Waals surface area contributed by atoms with Crippen molar-refractivity contribution in [3.05, 3.63) is 137 Å². The van der Waals surface area contributed by atoms with Crippen LogP contribution in [0.25, 0.3) is 21.2 Å². The first-order valence-electron chi connectivity index (χ1n) is 23.3. The van der Waals surface area contributed by atoms with Gasteiger partial charge in [-0.1, -0.05) is 63.2 Å². The van der Waals surface area contributed by atoms with Crippen LogP contribution in [0.2, 0.25) is 0 Å². The van der Waals surface area contributed by atoms with Crippen LogP contribution in [0.1, 0.15) is 69.0 Å². The molecule has 1 aromatic heterocycles. The second-order valence-electron chi connectivity index (χ2n) is 19.5. The SMILES string of the molecule is Cc1ncsc1-c1ccc(CNC(=O)[C@@H]2C[C@@H](O)CN2C(=O)[C@@H](NC(=O)COc2ccc3cc(COc4ccc(N5C(=S)N(c6ccc(C#N)c(C(F)(F)F)c6)C(=O)C5(C)C)cc4)ccc3c2)C(C)(C)C)cc1. The summed E-state index contributed by atoms with van der Waals surface area (Å²) in [6.07, 6.45) is -5.67. The summed E-state index contributed by atoms with van der Waals surface area (Å²) in [7, 11) is 0. The van der Waals surface area contributed by atoms with Crippen LogP contribution in [0, 0.1) is 23.7 Å². The zero-order valence-corrected chi connectivity index (χ0v) is 42.4. The Bertz CT molecular complexity index is 3150. The zero-order valence-electron chi connectivity index (χ0n) is 40.7. The molecule has 0 unspecified atom stereocenters. The van der Waals surface area contributed by atoms with Gasteiger partial charge in [0.05, 0.1) is 45.1 Å². The molecule has 378 valence electrons. The van der Waals surface area contributed by atoms with Crippen molar-refractivity contribution in [3.63, 3.8) is 0 Å². The van der Waals surface area contributed by atoms with Gasteiger partial charge in [0.15, 0.2) is 11.7 Å². The number of carbonyl (C=O) groups excluding carboxylic acids is 4. The number of anilines is 2. The minimum Gasteiger partial charge on any atom is -0.489 e. The van der Waals surface area contributed by atoms with Crippen LogP contribution in [-0.4, -0.2) is 80.6 Å². The number of hydrogen-bond donors (Lipinski definition) is 3. The fourth-order valence-corrected chi connectivity index (χ4v) is 10.2. The summed E-state index contributed by atoms with van der Waals surface area (Å²) in [5.41, 5.74) is 2.16. The highest BCUT2D eigenvalue weighted by molar-refractivity contribution is 7.81. The van der Waals surface area contributed by atoms with Gasteiger partial charge in [-0.2, -0.15) is 18.4 Å². The fourth-order valence-electron chi connectivity index (χ4n) is 8.90. The number of carbonyl (C=O) groups is 4. The van der Waals surface area contributed by atoms with Crippen molar-refractivity contribution in [2.45, 2.75) is 91.0 Å². The number of β-amino-alcohol motifs (C(OH)–C–C–N with tert-alkyl or cyclic N) is 1. The van der Waals surface area contributed by atoms with Crippen molar-refractivity contribution >= 4 is 74.4 Å². The normalized spacial score (nSPS) is 17.1. The average Bonchev–Trinajstić information content (AvgIpc) is 4.02. The number of nitrogens with one attached hydrogen (secondary N) is 2. The topological polar surface area (TPSA) is 177 Å². The molecule has 2 saturated heterocycles. The molecule has 0 saturated carbocycles. The Balaban J connectivity index is 0.844. The van der Waals surface area contributed by atoms with E-state index in [1.54, 1.807) is 78.1 Å². The van der Waals surface area contributed by atoms with E-state index >= 15 is 0 Å². The van der Waals surface area contributed by atoms with Crippen LogP contribution >= 0.6 is 23.6 Å². The molecule has 8 rings (SSSR count). The molecule has 5 aromatic carbocycles. The van der Waals surface area contributed by atoms with Gasteiger partial charge in [-0.05, 0) is 127 Å². The smallest absolute Gasteiger partial charge is 0.417 e. The molecule has 0 spiro atoms. The van der Waals surface area contributed by atoms with Crippen molar-refractivity contribution < 1.29 is 46.9 Å². The molecule has 6 aromatic rings. The van der Waals surface area contributed by atoms with Gasteiger partial charge in [0.2, 0.25) is 11.8 Å². The van der Waals surface area contributed by atoms with E-state index in [2.05, 4.69) is 15.6 Å². The molecule has 2 aliphatic rings. The van der Waals surface area contributed by atoms with E-state index in [9.17, 15) is 42.7 Å². The van der Waals surface area contributed by atoms with E-state index in [0.717, 1.165) is 55.1 Å². The number of halogens is 3. The molecule has 3 atom stereocenters. The van der Waals surface area contributed by atoms with E-state index in [1.165, 1.54) is 11.0 Å². The average molecular weight is 1030 g/mol. The number of nitriles is 1. The highest BCUT2D eigenvalue weighted by Gasteiger charge is 2.51. The number of aryl methyl sites for hydroxylation is 1. The molecule has 3 N–H and O–H groups in total. The number of rotatable bonds is 14. The third kappa shape index (κ3) is 11.2. The van der Waals surface area contributed by atoms with Gasteiger partial charge in [0.1, 0.15) is 35.7 Å². The number of fused-ring (bicyclic) bond motifs is 1. The second-order valence-corrected chi connectivity index (χ2v) is 20.7. The van der Waals surface area contributed by atoms with Crippen LogP contribution in [-0.2, 0) is 38.5 Å². The first-order chi connectivity index (χ1) is 34.5. The number of thiocarbonyl (C=S) groups is 1. The number of likely N-dealkylation sites (tertiary alicyclic amines) is 1. The summed E-state index contributed by atoms with van der Waals surface area (Å²) in [6, 6.07) is 28.3. The number of hydrogen-bond acceptors (Lipinski definition) is 11.